The lowest BCUT2D eigenvalue weighted by Gasteiger charge is -2.24. The molecule has 15 heavy (non-hydrogen) atoms. The minimum absolute atomic E-state index is 0.218. The summed E-state index contributed by atoms with van der Waals surface area (Å²) in [6, 6.07) is 5.27. The first-order chi connectivity index (χ1) is 6.87. The molecule has 0 radical (unpaired) electrons. The fourth-order valence-corrected chi connectivity index (χ4v) is 1.18. The van der Waals surface area contributed by atoms with Gasteiger partial charge in [0.15, 0.2) is 0 Å². The summed E-state index contributed by atoms with van der Waals surface area (Å²) in [4.78, 5) is 10.8. The standard InChI is InChI=1S/C11H12F2O2/c1-11(2,10(14)15)9(13)7-5-3-4-6-8(7)12/h3-6,9H,1-2H3,(H,14,15). The van der Waals surface area contributed by atoms with E-state index in [1.165, 1.54) is 32.0 Å². The Morgan fingerprint density at radius 3 is 2.40 bits per heavy atom. The van der Waals surface area contributed by atoms with Crippen LogP contribution in [0, 0.1) is 11.2 Å². The van der Waals surface area contributed by atoms with E-state index >= 15 is 0 Å². The van der Waals surface area contributed by atoms with Crippen molar-refractivity contribution in [2.24, 2.45) is 5.41 Å². The topological polar surface area (TPSA) is 37.3 Å². The molecule has 0 heterocycles. The molecule has 1 atom stereocenters. The van der Waals surface area contributed by atoms with E-state index in [-0.39, 0.29) is 5.56 Å². The van der Waals surface area contributed by atoms with Crippen molar-refractivity contribution in [1.29, 1.82) is 0 Å². The Morgan fingerprint density at radius 2 is 1.93 bits per heavy atom. The SMILES string of the molecule is CC(C)(C(=O)O)C(F)c1ccccc1F. The van der Waals surface area contributed by atoms with E-state index in [0.717, 1.165) is 6.07 Å². The second-order valence-corrected chi connectivity index (χ2v) is 3.91. The Hall–Kier alpha value is -1.45. The van der Waals surface area contributed by atoms with Crippen molar-refractivity contribution in [3.8, 4) is 0 Å². The molecule has 0 aromatic heterocycles. The summed E-state index contributed by atoms with van der Waals surface area (Å²) >= 11 is 0. The summed E-state index contributed by atoms with van der Waals surface area (Å²) < 4.78 is 27.0. The molecule has 0 aliphatic rings. The number of benzene rings is 1. The Balaban J connectivity index is 3.10. The lowest BCUT2D eigenvalue weighted by atomic mass is 9.84. The highest BCUT2D eigenvalue weighted by Crippen LogP contribution is 2.37. The zero-order valence-electron chi connectivity index (χ0n) is 8.50. The van der Waals surface area contributed by atoms with E-state index in [2.05, 4.69) is 0 Å². The molecule has 0 saturated carbocycles. The number of carboxylic acid groups (broad SMARTS) is 1. The molecule has 0 fully saturated rings. The van der Waals surface area contributed by atoms with Gasteiger partial charge >= 0.3 is 5.97 Å². The van der Waals surface area contributed by atoms with Crippen molar-refractivity contribution in [3.05, 3.63) is 35.6 Å². The fourth-order valence-electron chi connectivity index (χ4n) is 1.18. The fraction of sp³-hybridized carbons (Fsp3) is 0.364. The number of carbonyl (C=O) groups is 1. The third kappa shape index (κ3) is 2.14. The molecular formula is C11H12F2O2. The first kappa shape index (κ1) is 11.6. The normalized spacial score (nSPS) is 13.6. The van der Waals surface area contributed by atoms with Crippen LogP contribution in [-0.4, -0.2) is 11.1 Å². The number of aliphatic carboxylic acids is 1. The molecule has 0 saturated heterocycles. The van der Waals surface area contributed by atoms with Crippen molar-refractivity contribution < 1.29 is 18.7 Å². The number of rotatable bonds is 3. The second kappa shape index (κ2) is 3.96. The number of halogens is 2. The van der Waals surface area contributed by atoms with Gasteiger partial charge in [-0.15, -0.1) is 0 Å². The highest BCUT2D eigenvalue weighted by molar-refractivity contribution is 5.74. The third-order valence-electron chi connectivity index (χ3n) is 2.36. The van der Waals surface area contributed by atoms with Crippen LogP contribution in [0.2, 0.25) is 0 Å². The molecule has 2 nitrogen and oxygen atoms in total. The predicted molar refractivity (Wildman–Crippen MR) is 51.7 cm³/mol. The first-order valence-corrected chi connectivity index (χ1v) is 4.49. The van der Waals surface area contributed by atoms with E-state index in [0.29, 0.717) is 0 Å². The summed E-state index contributed by atoms with van der Waals surface area (Å²) in [5, 5.41) is 8.80. The van der Waals surface area contributed by atoms with Gasteiger partial charge in [0.05, 0.1) is 5.41 Å². The summed E-state index contributed by atoms with van der Waals surface area (Å²) in [5.41, 5.74) is -1.85. The van der Waals surface area contributed by atoms with Crippen LogP contribution < -0.4 is 0 Å². The summed E-state index contributed by atoms with van der Waals surface area (Å²) in [6.07, 6.45) is -1.86. The van der Waals surface area contributed by atoms with Gasteiger partial charge in [0, 0.05) is 5.56 Å². The molecule has 1 N–H and O–H groups in total. The molecule has 0 aliphatic heterocycles. The van der Waals surface area contributed by atoms with Crippen LogP contribution in [0.4, 0.5) is 8.78 Å². The highest BCUT2D eigenvalue weighted by Gasteiger charge is 2.39. The zero-order valence-corrected chi connectivity index (χ0v) is 8.50. The van der Waals surface area contributed by atoms with Gasteiger partial charge in [-0.25, -0.2) is 8.78 Å². The van der Waals surface area contributed by atoms with Gasteiger partial charge in [0.2, 0.25) is 0 Å². The van der Waals surface area contributed by atoms with Crippen molar-refractivity contribution >= 4 is 5.97 Å². The van der Waals surface area contributed by atoms with Gasteiger partial charge in [0.1, 0.15) is 12.0 Å². The predicted octanol–water partition coefficient (Wildman–Crippen LogP) is 2.95. The molecular weight excluding hydrogens is 202 g/mol. The quantitative estimate of drug-likeness (QED) is 0.839. The summed E-state index contributed by atoms with van der Waals surface area (Å²) in [7, 11) is 0. The molecule has 82 valence electrons. The molecule has 4 heteroatoms. The summed E-state index contributed by atoms with van der Waals surface area (Å²) in [5.74, 6) is -2.02. The minimum Gasteiger partial charge on any atom is -0.481 e. The second-order valence-electron chi connectivity index (χ2n) is 3.91. The molecule has 0 bridgehead atoms. The maximum Gasteiger partial charge on any atom is 0.312 e. The van der Waals surface area contributed by atoms with E-state index in [4.69, 9.17) is 5.11 Å². The Bertz CT molecular complexity index is 375. The monoisotopic (exact) mass is 214 g/mol. The minimum atomic E-state index is -1.86. The van der Waals surface area contributed by atoms with Crippen molar-refractivity contribution in [3.63, 3.8) is 0 Å². The van der Waals surface area contributed by atoms with Crippen LogP contribution in [0.1, 0.15) is 25.6 Å². The number of alkyl halides is 1. The van der Waals surface area contributed by atoms with Gasteiger partial charge in [-0.2, -0.15) is 0 Å². The van der Waals surface area contributed by atoms with E-state index < -0.39 is 23.4 Å². The Labute approximate surface area is 86.5 Å². The average molecular weight is 214 g/mol. The molecule has 1 aromatic rings. The largest absolute Gasteiger partial charge is 0.481 e. The van der Waals surface area contributed by atoms with Gasteiger partial charge in [0.25, 0.3) is 0 Å². The maximum atomic E-state index is 13.8. The molecule has 1 aromatic carbocycles. The van der Waals surface area contributed by atoms with Crippen LogP contribution in [-0.2, 0) is 4.79 Å². The van der Waals surface area contributed by atoms with Gasteiger partial charge < -0.3 is 5.11 Å². The van der Waals surface area contributed by atoms with Crippen LogP contribution in [0.25, 0.3) is 0 Å². The van der Waals surface area contributed by atoms with E-state index in [9.17, 15) is 13.6 Å². The number of carboxylic acids is 1. The summed E-state index contributed by atoms with van der Waals surface area (Å²) in [6.45, 7) is 2.46. The number of hydrogen-bond acceptors (Lipinski definition) is 1. The lowest BCUT2D eigenvalue weighted by Crippen LogP contribution is -2.29. The molecule has 1 unspecified atom stereocenters. The van der Waals surface area contributed by atoms with Crippen LogP contribution in [0.15, 0.2) is 24.3 Å². The Kier molecular flexibility index (Phi) is 3.07. The third-order valence-corrected chi connectivity index (χ3v) is 2.36. The molecule has 1 rings (SSSR count). The van der Waals surface area contributed by atoms with E-state index in [1.807, 2.05) is 0 Å². The molecule has 0 spiro atoms. The van der Waals surface area contributed by atoms with Gasteiger partial charge in [-0.3, -0.25) is 4.79 Å². The van der Waals surface area contributed by atoms with Gasteiger partial charge in [-0.1, -0.05) is 18.2 Å². The van der Waals surface area contributed by atoms with Crippen LogP contribution in [0.3, 0.4) is 0 Å². The smallest absolute Gasteiger partial charge is 0.312 e. The van der Waals surface area contributed by atoms with Crippen molar-refractivity contribution in [2.75, 3.05) is 0 Å². The molecule has 0 amide bonds. The molecule has 0 aliphatic carbocycles. The first-order valence-electron chi connectivity index (χ1n) is 4.49. The van der Waals surface area contributed by atoms with Crippen LogP contribution in [0.5, 0.6) is 0 Å². The van der Waals surface area contributed by atoms with E-state index in [1.54, 1.807) is 0 Å². The highest BCUT2D eigenvalue weighted by atomic mass is 19.1. The number of hydrogen-bond donors (Lipinski definition) is 1. The lowest BCUT2D eigenvalue weighted by molar-refractivity contribution is -0.151. The zero-order chi connectivity index (χ0) is 11.6. The van der Waals surface area contributed by atoms with Crippen LogP contribution >= 0.6 is 0 Å². The van der Waals surface area contributed by atoms with Gasteiger partial charge in [-0.05, 0) is 19.9 Å². The average Bonchev–Trinajstić information content (AvgIpc) is 2.17. The Morgan fingerprint density at radius 1 is 1.40 bits per heavy atom. The van der Waals surface area contributed by atoms with Crippen molar-refractivity contribution in [1.82, 2.24) is 0 Å². The van der Waals surface area contributed by atoms with Crippen molar-refractivity contribution in [2.45, 2.75) is 20.0 Å². The maximum absolute atomic E-state index is 13.8.